The molecule has 0 spiro atoms. The van der Waals surface area contributed by atoms with Crippen molar-refractivity contribution < 1.29 is 28.5 Å². The minimum Gasteiger partial charge on any atom is -0.365 e. The molecule has 0 bridgehead atoms. The minimum absolute atomic E-state index is 1.12. The van der Waals surface area contributed by atoms with Crippen LogP contribution in [0.5, 0.6) is 0 Å². The maximum atomic E-state index is 8.51. The zero-order chi connectivity index (χ0) is 7.33. The molecule has 2 N–H and O–H groups in total. The van der Waals surface area contributed by atoms with Gasteiger partial charge in [0.25, 0.3) is 0 Å². The molecule has 0 aliphatic carbocycles. The second-order valence-electron chi connectivity index (χ2n) is 1.05. The Hall–Kier alpha value is -0.0231. The molecular weight excluding hydrogens is 148 g/mol. The van der Waals surface area contributed by atoms with Crippen molar-refractivity contribution in [3.8, 4) is 0 Å². The van der Waals surface area contributed by atoms with Gasteiger partial charge in [-0.1, -0.05) is 0 Å². The summed E-state index contributed by atoms with van der Waals surface area (Å²) in [5.41, 5.74) is 0. The van der Waals surface area contributed by atoms with Crippen molar-refractivity contribution in [1.29, 1.82) is 0 Å². The fourth-order valence-electron chi connectivity index (χ4n) is 0.231. The zero-order valence-corrected chi connectivity index (χ0v) is 6.03. The van der Waals surface area contributed by atoms with E-state index in [2.05, 4.69) is 18.9 Å². The van der Waals surface area contributed by atoms with Gasteiger partial charge in [0.1, 0.15) is 0 Å². The normalized spacial score (nSPS) is 12.0. The highest BCUT2D eigenvalue weighted by Crippen LogP contribution is 1.96. The Kier molecular flexibility index (Phi) is 3.89. The quantitative estimate of drug-likeness (QED) is 0.295. The molecular formula is C2H8O6Si. The second kappa shape index (κ2) is 3.90. The molecule has 0 aliphatic rings. The van der Waals surface area contributed by atoms with E-state index in [9.17, 15) is 0 Å². The predicted octanol–water partition coefficient (Wildman–Crippen LogP) is -1.44. The van der Waals surface area contributed by atoms with E-state index >= 15 is 0 Å². The molecule has 6 nitrogen and oxygen atoms in total. The molecule has 0 fully saturated rings. The summed E-state index contributed by atoms with van der Waals surface area (Å²) in [7, 11) is -1.91. The lowest BCUT2D eigenvalue weighted by molar-refractivity contribution is -0.312. The highest BCUT2D eigenvalue weighted by atomic mass is 28.4. The van der Waals surface area contributed by atoms with E-state index in [0.717, 1.165) is 14.2 Å². The first-order valence-electron chi connectivity index (χ1n) is 2.01. The molecule has 0 aromatic rings. The van der Waals surface area contributed by atoms with Crippen molar-refractivity contribution in [3.05, 3.63) is 0 Å². The van der Waals surface area contributed by atoms with Gasteiger partial charge in [-0.2, -0.15) is 9.15 Å². The summed E-state index contributed by atoms with van der Waals surface area (Å²) in [6.07, 6.45) is 0. The van der Waals surface area contributed by atoms with E-state index in [4.69, 9.17) is 9.59 Å². The van der Waals surface area contributed by atoms with E-state index in [1.807, 2.05) is 0 Å². The first-order chi connectivity index (χ1) is 4.12. The van der Waals surface area contributed by atoms with Crippen molar-refractivity contribution in [2.75, 3.05) is 14.2 Å². The van der Waals surface area contributed by atoms with E-state index in [1.165, 1.54) is 0 Å². The number of rotatable bonds is 4. The van der Waals surface area contributed by atoms with Gasteiger partial charge in [0, 0.05) is 0 Å². The number of hydrogen-bond donors (Lipinski definition) is 2. The molecule has 0 unspecified atom stereocenters. The Balaban J connectivity index is 3.43. The first-order valence-corrected chi connectivity index (χ1v) is 3.72. The van der Waals surface area contributed by atoms with Crippen molar-refractivity contribution in [2.45, 2.75) is 0 Å². The van der Waals surface area contributed by atoms with Crippen LogP contribution in [-0.4, -0.2) is 32.9 Å². The minimum atomic E-state index is -4.15. The first kappa shape index (κ1) is 8.98. The van der Waals surface area contributed by atoms with Gasteiger partial charge in [0.05, 0.1) is 14.2 Å². The third-order valence-electron chi connectivity index (χ3n) is 0.384. The summed E-state index contributed by atoms with van der Waals surface area (Å²) in [5.74, 6) is 0. The Morgan fingerprint density at radius 1 is 1.00 bits per heavy atom. The molecule has 0 amide bonds. The highest BCUT2D eigenvalue weighted by molar-refractivity contribution is 6.49. The molecule has 7 heteroatoms. The Bertz CT molecular complexity index is 65.5. The molecule has 0 aromatic heterocycles. The van der Waals surface area contributed by atoms with Crippen LogP contribution in [0.15, 0.2) is 0 Å². The fourth-order valence-corrected chi connectivity index (χ4v) is 0.693. The SMILES string of the molecule is COO[Si](O)(O)OOC. The van der Waals surface area contributed by atoms with Gasteiger partial charge in [-0.25, -0.2) is 9.78 Å². The molecule has 0 saturated carbocycles. The van der Waals surface area contributed by atoms with Gasteiger partial charge >= 0.3 is 9.05 Å². The van der Waals surface area contributed by atoms with E-state index in [-0.39, 0.29) is 0 Å². The molecule has 9 heavy (non-hydrogen) atoms. The topological polar surface area (TPSA) is 77.4 Å². The molecule has 0 aromatic carbocycles. The summed E-state index contributed by atoms with van der Waals surface area (Å²) in [5, 5.41) is 0. The average molecular weight is 156 g/mol. The number of hydrogen-bond acceptors (Lipinski definition) is 6. The molecule has 0 atom stereocenters. The van der Waals surface area contributed by atoms with Crippen LogP contribution in [0.1, 0.15) is 0 Å². The van der Waals surface area contributed by atoms with E-state index < -0.39 is 9.05 Å². The summed E-state index contributed by atoms with van der Waals surface area (Å²) in [6.45, 7) is 0. The standard InChI is InChI=1S/C2H8O6Si/c1-5-7-9(3,4)8-6-2/h3-4H,1-2H3. The van der Waals surface area contributed by atoms with Gasteiger partial charge in [-0.05, 0) is 0 Å². The lowest BCUT2D eigenvalue weighted by Crippen LogP contribution is -2.42. The molecule has 0 rings (SSSR count). The Morgan fingerprint density at radius 2 is 1.33 bits per heavy atom. The van der Waals surface area contributed by atoms with Crippen LogP contribution in [0.3, 0.4) is 0 Å². The third kappa shape index (κ3) is 4.48. The second-order valence-corrected chi connectivity index (χ2v) is 2.48. The van der Waals surface area contributed by atoms with Crippen LogP contribution in [0.2, 0.25) is 0 Å². The van der Waals surface area contributed by atoms with Crippen LogP contribution < -0.4 is 0 Å². The van der Waals surface area contributed by atoms with Crippen molar-refractivity contribution in [1.82, 2.24) is 0 Å². The zero-order valence-electron chi connectivity index (χ0n) is 5.03. The largest absolute Gasteiger partial charge is 0.730 e. The lowest BCUT2D eigenvalue weighted by Gasteiger charge is -2.10. The van der Waals surface area contributed by atoms with Crippen molar-refractivity contribution in [2.24, 2.45) is 0 Å². The van der Waals surface area contributed by atoms with Gasteiger partial charge < -0.3 is 9.59 Å². The maximum Gasteiger partial charge on any atom is 0.730 e. The van der Waals surface area contributed by atoms with Gasteiger partial charge in [0.15, 0.2) is 0 Å². The smallest absolute Gasteiger partial charge is 0.365 e. The predicted molar refractivity (Wildman–Crippen MR) is 26.4 cm³/mol. The highest BCUT2D eigenvalue weighted by Gasteiger charge is 2.40. The van der Waals surface area contributed by atoms with Crippen molar-refractivity contribution in [3.63, 3.8) is 0 Å². The van der Waals surface area contributed by atoms with Crippen LogP contribution >= 0.6 is 0 Å². The summed E-state index contributed by atoms with van der Waals surface area (Å²) < 4.78 is 7.74. The maximum absolute atomic E-state index is 8.51. The average Bonchev–Trinajstić information content (AvgIpc) is 1.64. The van der Waals surface area contributed by atoms with Gasteiger partial charge in [-0.15, -0.1) is 0 Å². The molecule has 0 radical (unpaired) electrons. The summed E-state index contributed by atoms with van der Waals surface area (Å²) >= 11 is 0. The van der Waals surface area contributed by atoms with Gasteiger partial charge in [-0.3, -0.25) is 0 Å². The van der Waals surface area contributed by atoms with Gasteiger partial charge in [0.2, 0.25) is 0 Å². The van der Waals surface area contributed by atoms with Crippen molar-refractivity contribution >= 4 is 9.05 Å². The van der Waals surface area contributed by atoms with Crippen LogP contribution in [0.4, 0.5) is 0 Å². The molecule has 56 valence electrons. The summed E-state index contributed by atoms with van der Waals surface area (Å²) in [6, 6.07) is 0. The molecule has 0 saturated heterocycles. The Labute approximate surface area is 52.9 Å². The molecule has 0 aliphatic heterocycles. The fraction of sp³-hybridized carbons (Fsp3) is 1.00. The molecule has 0 heterocycles. The van der Waals surface area contributed by atoms with Crippen LogP contribution in [0.25, 0.3) is 0 Å². The lowest BCUT2D eigenvalue weighted by atomic mass is 11.8. The summed E-state index contributed by atoms with van der Waals surface area (Å²) in [4.78, 5) is 24.9. The van der Waals surface area contributed by atoms with E-state index in [0.29, 0.717) is 0 Å². The van der Waals surface area contributed by atoms with Crippen LogP contribution in [0, 0.1) is 0 Å². The Morgan fingerprint density at radius 3 is 1.56 bits per heavy atom. The third-order valence-corrected chi connectivity index (χ3v) is 1.15. The van der Waals surface area contributed by atoms with Crippen LogP contribution in [-0.2, 0) is 18.9 Å². The monoisotopic (exact) mass is 156 g/mol. The van der Waals surface area contributed by atoms with E-state index in [1.54, 1.807) is 0 Å².